The van der Waals surface area contributed by atoms with E-state index in [1.54, 1.807) is 6.92 Å². The van der Waals surface area contributed by atoms with Crippen molar-refractivity contribution < 1.29 is 4.79 Å². The quantitative estimate of drug-likeness (QED) is 0.580. The Balaban J connectivity index is 4.46. The molecule has 0 bridgehead atoms. The van der Waals surface area contributed by atoms with Gasteiger partial charge in [0.1, 0.15) is 13.2 Å². The third-order valence-corrected chi connectivity index (χ3v) is 5.59. The highest BCUT2D eigenvalue weighted by molar-refractivity contribution is 8.37. The molecule has 16 heavy (non-hydrogen) atoms. The first-order valence-corrected chi connectivity index (χ1v) is 7.09. The second-order valence-electron chi connectivity index (χ2n) is 3.50. The number of hydrogen-bond acceptors (Lipinski definition) is 5. The van der Waals surface area contributed by atoms with E-state index >= 15 is 0 Å². The largest absolute Gasteiger partial charge is 0.364 e. The molecule has 0 aliphatic heterocycles. The Kier molecular flexibility index (Phi) is 7.54. The lowest BCUT2D eigenvalue weighted by molar-refractivity contribution is -0.115. The Hall–Kier alpha value is 0.150. The van der Waals surface area contributed by atoms with E-state index in [2.05, 4.69) is 0 Å². The fraction of sp³-hybridized carbons (Fsp3) is 0.667. The van der Waals surface area contributed by atoms with Gasteiger partial charge in [-0.3, -0.25) is 4.79 Å². The molecule has 0 atom stereocenters. The van der Waals surface area contributed by atoms with Crippen molar-refractivity contribution in [2.75, 3.05) is 28.2 Å². The molecule has 0 aromatic heterocycles. The average molecular weight is 297 g/mol. The van der Waals surface area contributed by atoms with Crippen molar-refractivity contribution in [3.63, 3.8) is 0 Å². The van der Waals surface area contributed by atoms with Gasteiger partial charge in [-0.15, -0.1) is 0 Å². The van der Waals surface area contributed by atoms with Crippen LogP contribution in [0.2, 0.25) is 0 Å². The molecule has 0 heterocycles. The number of ketones is 1. The summed E-state index contributed by atoms with van der Waals surface area (Å²) in [7, 11) is 7.45. The van der Waals surface area contributed by atoms with Gasteiger partial charge in [0, 0.05) is 28.2 Å². The first kappa shape index (κ1) is 16.1. The Bertz CT molecular complexity index is 269. The molecule has 92 valence electrons. The maximum Gasteiger partial charge on any atom is 0.153 e. The minimum Gasteiger partial charge on any atom is -0.364 e. The van der Waals surface area contributed by atoms with Crippen LogP contribution in [0.3, 0.4) is 0 Å². The van der Waals surface area contributed by atoms with E-state index in [0.29, 0.717) is 8.64 Å². The molecule has 0 aromatic carbocycles. The fourth-order valence-corrected chi connectivity index (χ4v) is 3.39. The van der Waals surface area contributed by atoms with Gasteiger partial charge in [0.05, 0.1) is 0 Å². The minimum absolute atomic E-state index is 0.0726. The molecule has 0 N–H and O–H groups in total. The maximum absolute atomic E-state index is 11.5. The van der Waals surface area contributed by atoms with Crippen LogP contribution in [-0.4, -0.2) is 57.0 Å². The highest BCUT2D eigenvalue weighted by atomic mass is 32.2. The van der Waals surface area contributed by atoms with E-state index in [1.807, 2.05) is 38.0 Å². The van der Waals surface area contributed by atoms with Gasteiger partial charge in [0.15, 0.2) is 5.78 Å². The molecule has 0 saturated carbocycles. The molecular formula is C9H16N2OS4. The lowest BCUT2D eigenvalue weighted by Gasteiger charge is -2.20. The number of thiocarbonyl (C=S) groups is 2. The van der Waals surface area contributed by atoms with Gasteiger partial charge in [-0.1, -0.05) is 48.0 Å². The Morgan fingerprint density at radius 3 is 1.50 bits per heavy atom. The van der Waals surface area contributed by atoms with Gasteiger partial charge in [0.2, 0.25) is 0 Å². The number of rotatable bonds is 3. The second-order valence-corrected chi connectivity index (χ2v) is 7.28. The summed E-state index contributed by atoms with van der Waals surface area (Å²) in [5, 5.41) is 0. The van der Waals surface area contributed by atoms with Crippen molar-refractivity contribution in [3.05, 3.63) is 0 Å². The van der Waals surface area contributed by atoms with E-state index in [0.717, 1.165) is 0 Å². The monoisotopic (exact) mass is 296 g/mol. The Morgan fingerprint density at radius 1 is 1.00 bits per heavy atom. The summed E-state index contributed by atoms with van der Waals surface area (Å²) < 4.78 is 1.12. The van der Waals surface area contributed by atoms with Crippen LogP contribution in [0.1, 0.15) is 6.92 Å². The van der Waals surface area contributed by atoms with E-state index in [4.69, 9.17) is 24.4 Å². The molecule has 0 radical (unpaired) electrons. The van der Waals surface area contributed by atoms with Crippen molar-refractivity contribution in [2.24, 2.45) is 0 Å². The van der Waals surface area contributed by atoms with Crippen molar-refractivity contribution in [1.82, 2.24) is 9.80 Å². The molecule has 0 aliphatic carbocycles. The topological polar surface area (TPSA) is 23.6 Å². The van der Waals surface area contributed by atoms with Gasteiger partial charge in [-0.2, -0.15) is 0 Å². The number of nitrogens with zero attached hydrogens (tertiary/aromatic N) is 2. The molecule has 0 saturated heterocycles. The van der Waals surface area contributed by atoms with Crippen molar-refractivity contribution in [3.8, 4) is 0 Å². The van der Waals surface area contributed by atoms with Crippen LogP contribution in [0.15, 0.2) is 0 Å². The first-order valence-electron chi connectivity index (χ1n) is 4.52. The summed E-state index contributed by atoms with van der Waals surface area (Å²) in [5.74, 6) is 0.0726. The molecule has 0 aromatic rings. The second kappa shape index (κ2) is 7.47. The van der Waals surface area contributed by atoms with Gasteiger partial charge in [-0.25, -0.2) is 0 Å². The molecule has 0 unspecified atom stereocenters. The normalized spacial score (nSPS) is 10.1. The van der Waals surface area contributed by atoms with Gasteiger partial charge < -0.3 is 9.80 Å². The number of carbonyl (C=O) groups excluding carboxylic acids is 1. The van der Waals surface area contributed by atoms with Crippen LogP contribution >= 0.6 is 48.0 Å². The molecular weight excluding hydrogens is 280 g/mol. The Labute approximate surface area is 116 Å². The highest BCUT2D eigenvalue weighted by Gasteiger charge is 2.21. The molecule has 0 amide bonds. The van der Waals surface area contributed by atoms with Crippen LogP contribution in [0.4, 0.5) is 0 Å². The highest BCUT2D eigenvalue weighted by Crippen LogP contribution is 2.28. The number of carbonyl (C=O) groups is 1. The van der Waals surface area contributed by atoms with Crippen LogP contribution in [-0.2, 0) is 4.79 Å². The summed E-state index contributed by atoms with van der Waals surface area (Å²) >= 11 is 13.0. The molecule has 0 spiro atoms. The summed E-state index contributed by atoms with van der Waals surface area (Å²) in [6.45, 7) is 1.56. The Morgan fingerprint density at radius 2 is 1.31 bits per heavy atom. The van der Waals surface area contributed by atoms with E-state index in [-0.39, 0.29) is 10.4 Å². The molecule has 7 heteroatoms. The zero-order valence-electron chi connectivity index (χ0n) is 10.0. The third-order valence-electron chi connectivity index (χ3n) is 1.48. The number of hydrogen-bond donors (Lipinski definition) is 0. The third kappa shape index (κ3) is 6.03. The van der Waals surface area contributed by atoms with E-state index in [9.17, 15) is 4.79 Å². The summed E-state index contributed by atoms with van der Waals surface area (Å²) in [4.78, 5) is 15.1. The predicted molar refractivity (Wildman–Crippen MR) is 82.2 cm³/mol. The van der Waals surface area contributed by atoms with Crippen LogP contribution in [0.25, 0.3) is 0 Å². The SMILES string of the molecule is CC(=O)C(SC(=S)N(C)C)SC(=S)N(C)C. The average Bonchev–Trinajstić information content (AvgIpc) is 2.15. The fourth-order valence-electron chi connectivity index (χ4n) is 0.584. The zero-order chi connectivity index (χ0) is 12.9. The lowest BCUT2D eigenvalue weighted by Crippen LogP contribution is -2.25. The molecule has 0 fully saturated rings. The maximum atomic E-state index is 11.5. The van der Waals surface area contributed by atoms with Gasteiger partial charge >= 0.3 is 0 Å². The first-order chi connectivity index (χ1) is 7.25. The van der Waals surface area contributed by atoms with Crippen molar-refractivity contribution in [1.29, 1.82) is 0 Å². The molecule has 0 rings (SSSR count). The lowest BCUT2D eigenvalue weighted by atomic mass is 10.5. The summed E-state index contributed by atoms with van der Waals surface area (Å²) in [5.41, 5.74) is 0. The van der Waals surface area contributed by atoms with E-state index in [1.165, 1.54) is 23.5 Å². The number of Topliss-reactive ketones (excluding diaryl/α,β-unsaturated/α-hetero) is 1. The summed E-state index contributed by atoms with van der Waals surface area (Å²) in [6, 6.07) is 0. The van der Waals surface area contributed by atoms with Crippen LogP contribution in [0.5, 0.6) is 0 Å². The van der Waals surface area contributed by atoms with Crippen LogP contribution in [0, 0.1) is 0 Å². The van der Waals surface area contributed by atoms with Gasteiger partial charge in [-0.05, 0) is 6.92 Å². The smallest absolute Gasteiger partial charge is 0.153 e. The molecule has 0 aliphatic rings. The zero-order valence-corrected chi connectivity index (χ0v) is 13.3. The van der Waals surface area contributed by atoms with E-state index < -0.39 is 0 Å². The van der Waals surface area contributed by atoms with Gasteiger partial charge in [0.25, 0.3) is 0 Å². The predicted octanol–water partition coefficient (Wildman–Crippen LogP) is 2.06. The standard InChI is InChI=1S/C9H16N2OS4/c1-6(12)7(15-8(13)10(2)3)16-9(14)11(4)5/h7H,1-5H3. The summed E-state index contributed by atoms with van der Waals surface area (Å²) in [6.07, 6.45) is 0. The minimum atomic E-state index is -0.259. The van der Waals surface area contributed by atoms with Crippen LogP contribution < -0.4 is 0 Å². The van der Waals surface area contributed by atoms with Crippen molar-refractivity contribution in [2.45, 2.75) is 11.5 Å². The van der Waals surface area contributed by atoms with Crippen molar-refractivity contribution >= 4 is 62.4 Å². The molecule has 3 nitrogen and oxygen atoms in total. The number of thioether (sulfide) groups is 2.